The van der Waals surface area contributed by atoms with E-state index in [1.54, 1.807) is 36.4 Å². The van der Waals surface area contributed by atoms with E-state index in [1.165, 1.54) is 4.90 Å². The standard InChI is InChI=1S/C27H29F2N3O3/c1-27(2,17-30)18-32(26(34)20-12-21(28)14-22(29)13-20)15-19-8-10-23(11-9-19)31-25(33)16-35-24-6-4-3-5-7-24/h3-14H,15-18,30H2,1-2H3,(H,31,33). The van der Waals surface area contributed by atoms with Crippen molar-refractivity contribution in [2.24, 2.45) is 11.1 Å². The monoisotopic (exact) mass is 481 g/mol. The SMILES string of the molecule is CC(C)(CN)CN(Cc1ccc(NC(=O)COc2ccccc2)cc1)C(=O)c1cc(F)cc(F)c1. The molecular formula is C27H29F2N3O3. The molecule has 0 unspecified atom stereocenters. The molecule has 0 saturated heterocycles. The third-order valence-corrected chi connectivity index (χ3v) is 5.29. The molecule has 0 aliphatic heterocycles. The Balaban J connectivity index is 1.68. The predicted molar refractivity (Wildman–Crippen MR) is 131 cm³/mol. The highest BCUT2D eigenvalue weighted by Gasteiger charge is 2.25. The second-order valence-electron chi connectivity index (χ2n) is 9.03. The van der Waals surface area contributed by atoms with Crippen LogP contribution in [0.25, 0.3) is 0 Å². The summed E-state index contributed by atoms with van der Waals surface area (Å²) in [5, 5.41) is 2.76. The number of nitrogens with zero attached hydrogens (tertiary/aromatic N) is 1. The number of hydrogen-bond donors (Lipinski definition) is 2. The number of hydrogen-bond acceptors (Lipinski definition) is 4. The van der Waals surface area contributed by atoms with E-state index in [0.717, 1.165) is 23.8 Å². The molecule has 0 fully saturated rings. The molecule has 0 spiro atoms. The molecule has 184 valence electrons. The second kappa shape index (κ2) is 11.6. The maximum Gasteiger partial charge on any atom is 0.262 e. The number of carbonyl (C=O) groups is 2. The Morgan fingerprint density at radius 3 is 2.20 bits per heavy atom. The van der Waals surface area contributed by atoms with E-state index in [0.29, 0.717) is 18.0 Å². The highest BCUT2D eigenvalue weighted by Crippen LogP contribution is 2.21. The number of rotatable bonds is 10. The first-order valence-electron chi connectivity index (χ1n) is 11.2. The summed E-state index contributed by atoms with van der Waals surface area (Å²) in [6, 6.07) is 18.8. The predicted octanol–water partition coefficient (Wildman–Crippen LogP) is 4.61. The Labute approximate surface area is 203 Å². The zero-order chi connectivity index (χ0) is 25.4. The maximum atomic E-state index is 13.7. The first-order valence-corrected chi connectivity index (χ1v) is 11.2. The van der Waals surface area contributed by atoms with Crippen LogP contribution in [0.15, 0.2) is 72.8 Å². The summed E-state index contributed by atoms with van der Waals surface area (Å²) in [6.45, 7) is 4.50. The molecule has 0 atom stereocenters. The lowest BCUT2D eigenvalue weighted by atomic mass is 9.92. The number of halogens is 2. The number of nitrogens with two attached hydrogens (primary N) is 1. The van der Waals surface area contributed by atoms with Gasteiger partial charge in [0.2, 0.25) is 0 Å². The number of anilines is 1. The lowest BCUT2D eigenvalue weighted by Gasteiger charge is -2.32. The van der Waals surface area contributed by atoms with Crippen LogP contribution in [-0.2, 0) is 11.3 Å². The van der Waals surface area contributed by atoms with E-state index in [2.05, 4.69) is 5.32 Å². The molecule has 0 aromatic heterocycles. The van der Waals surface area contributed by atoms with E-state index in [1.807, 2.05) is 32.0 Å². The molecule has 0 aliphatic carbocycles. The lowest BCUT2D eigenvalue weighted by Crippen LogP contribution is -2.41. The summed E-state index contributed by atoms with van der Waals surface area (Å²) >= 11 is 0. The van der Waals surface area contributed by atoms with Crippen LogP contribution >= 0.6 is 0 Å². The molecule has 0 bridgehead atoms. The molecule has 3 rings (SSSR count). The van der Waals surface area contributed by atoms with Crippen molar-refractivity contribution in [3.8, 4) is 5.75 Å². The van der Waals surface area contributed by atoms with Crippen LogP contribution in [0, 0.1) is 17.0 Å². The van der Waals surface area contributed by atoms with Crippen LogP contribution in [0.3, 0.4) is 0 Å². The number of benzene rings is 3. The first-order chi connectivity index (χ1) is 16.6. The van der Waals surface area contributed by atoms with Crippen molar-refractivity contribution < 1.29 is 23.1 Å². The van der Waals surface area contributed by atoms with Gasteiger partial charge in [-0.2, -0.15) is 0 Å². The quantitative estimate of drug-likeness (QED) is 0.443. The Kier molecular flexibility index (Phi) is 8.54. The van der Waals surface area contributed by atoms with Crippen LogP contribution in [0.5, 0.6) is 5.75 Å². The van der Waals surface area contributed by atoms with Gasteiger partial charge in [0.15, 0.2) is 6.61 Å². The average Bonchev–Trinajstić information content (AvgIpc) is 2.83. The number of nitrogens with one attached hydrogen (secondary N) is 1. The van der Waals surface area contributed by atoms with E-state index in [-0.39, 0.29) is 31.2 Å². The molecule has 6 nitrogen and oxygen atoms in total. The molecule has 0 radical (unpaired) electrons. The van der Waals surface area contributed by atoms with Gasteiger partial charge >= 0.3 is 0 Å². The molecule has 3 aromatic rings. The summed E-state index contributed by atoms with van der Waals surface area (Å²) in [5.41, 5.74) is 6.73. The van der Waals surface area contributed by atoms with Crippen LogP contribution in [0.1, 0.15) is 29.8 Å². The van der Waals surface area contributed by atoms with Crippen molar-refractivity contribution in [1.29, 1.82) is 0 Å². The topological polar surface area (TPSA) is 84.7 Å². The largest absolute Gasteiger partial charge is 0.484 e. The minimum atomic E-state index is -0.817. The number of amides is 2. The molecule has 2 amide bonds. The van der Waals surface area contributed by atoms with E-state index < -0.39 is 23.0 Å². The number of carbonyl (C=O) groups excluding carboxylic acids is 2. The van der Waals surface area contributed by atoms with Gasteiger partial charge in [0.1, 0.15) is 17.4 Å². The number of ether oxygens (including phenoxy) is 1. The highest BCUT2D eigenvalue weighted by molar-refractivity contribution is 5.94. The van der Waals surface area contributed by atoms with Crippen molar-refractivity contribution in [3.63, 3.8) is 0 Å². The Bertz CT molecular complexity index is 1130. The molecule has 0 heterocycles. The molecule has 3 N–H and O–H groups in total. The molecule has 3 aromatic carbocycles. The lowest BCUT2D eigenvalue weighted by molar-refractivity contribution is -0.118. The fraction of sp³-hybridized carbons (Fsp3) is 0.259. The Morgan fingerprint density at radius 2 is 1.60 bits per heavy atom. The van der Waals surface area contributed by atoms with Gasteiger partial charge in [0.25, 0.3) is 11.8 Å². The van der Waals surface area contributed by atoms with Crippen molar-refractivity contribution >= 4 is 17.5 Å². The minimum Gasteiger partial charge on any atom is -0.484 e. The van der Waals surface area contributed by atoms with Crippen LogP contribution in [0.4, 0.5) is 14.5 Å². The van der Waals surface area contributed by atoms with E-state index in [4.69, 9.17) is 10.5 Å². The van der Waals surface area contributed by atoms with Crippen molar-refractivity contribution in [1.82, 2.24) is 4.90 Å². The van der Waals surface area contributed by atoms with Gasteiger partial charge in [0, 0.05) is 30.4 Å². The summed E-state index contributed by atoms with van der Waals surface area (Å²) in [7, 11) is 0. The minimum absolute atomic E-state index is 0.0716. The average molecular weight is 482 g/mol. The molecule has 35 heavy (non-hydrogen) atoms. The van der Waals surface area contributed by atoms with Gasteiger partial charge in [-0.15, -0.1) is 0 Å². The van der Waals surface area contributed by atoms with Crippen LogP contribution in [-0.4, -0.2) is 36.4 Å². The smallest absolute Gasteiger partial charge is 0.262 e. The summed E-state index contributed by atoms with van der Waals surface area (Å²) in [4.78, 5) is 26.8. The van der Waals surface area contributed by atoms with Gasteiger partial charge in [-0.25, -0.2) is 8.78 Å². The van der Waals surface area contributed by atoms with Gasteiger partial charge in [-0.05, 0) is 53.9 Å². The van der Waals surface area contributed by atoms with Gasteiger partial charge in [0.05, 0.1) is 0 Å². The second-order valence-corrected chi connectivity index (χ2v) is 9.03. The molecule has 0 aliphatic rings. The molecule has 8 heteroatoms. The van der Waals surface area contributed by atoms with Gasteiger partial charge < -0.3 is 20.7 Å². The third kappa shape index (κ3) is 7.89. The van der Waals surface area contributed by atoms with E-state index in [9.17, 15) is 18.4 Å². The normalized spacial score (nSPS) is 11.1. The first kappa shape index (κ1) is 25.8. The van der Waals surface area contributed by atoms with Crippen molar-refractivity contribution in [2.75, 3.05) is 25.0 Å². The number of para-hydroxylation sites is 1. The zero-order valence-corrected chi connectivity index (χ0v) is 19.8. The maximum absolute atomic E-state index is 13.7. The van der Waals surface area contributed by atoms with E-state index >= 15 is 0 Å². The van der Waals surface area contributed by atoms with Crippen molar-refractivity contribution in [2.45, 2.75) is 20.4 Å². The van der Waals surface area contributed by atoms with Gasteiger partial charge in [-0.1, -0.05) is 44.2 Å². The summed E-state index contributed by atoms with van der Waals surface area (Å²) < 4.78 is 32.9. The highest BCUT2D eigenvalue weighted by atomic mass is 19.1. The summed E-state index contributed by atoms with van der Waals surface area (Å²) in [5.74, 6) is -1.84. The zero-order valence-electron chi connectivity index (χ0n) is 19.8. The Morgan fingerprint density at radius 1 is 0.971 bits per heavy atom. The molecular weight excluding hydrogens is 452 g/mol. The fourth-order valence-corrected chi connectivity index (χ4v) is 3.42. The Hall–Kier alpha value is -3.78. The third-order valence-electron chi connectivity index (χ3n) is 5.29. The van der Waals surface area contributed by atoms with Crippen LogP contribution in [0.2, 0.25) is 0 Å². The summed E-state index contributed by atoms with van der Waals surface area (Å²) in [6.07, 6.45) is 0. The van der Waals surface area contributed by atoms with Gasteiger partial charge in [-0.3, -0.25) is 9.59 Å². The van der Waals surface area contributed by atoms with Crippen LogP contribution < -0.4 is 15.8 Å². The fourth-order valence-electron chi connectivity index (χ4n) is 3.42. The molecule has 0 saturated carbocycles. The van der Waals surface area contributed by atoms with Crippen molar-refractivity contribution in [3.05, 3.63) is 95.6 Å².